The van der Waals surface area contributed by atoms with Crippen molar-refractivity contribution in [3.63, 3.8) is 0 Å². The molecule has 4 aliphatic rings. The van der Waals surface area contributed by atoms with E-state index in [1.54, 1.807) is 49.8 Å². The van der Waals surface area contributed by atoms with Gasteiger partial charge in [-0.2, -0.15) is 0 Å². The van der Waals surface area contributed by atoms with Crippen molar-refractivity contribution >= 4 is 35.9 Å². The average molecular weight is 929 g/mol. The summed E-state index contributed by atoms with van der Waals surface area (Å²) in [5.41, 5.74) is 5.95. The summed E-state index contributed by atoms with van der Waals surface area (Å²) in [4.78, 5) is 53.9. The summed E-state index contributed by atoms with van der Waals surface area (Å²) in [6.07, 6.45) is -1.82. The number of ether oxygens (including phenoxy) is 5. The number of carbonyl (C=O) groups is 2. The number of rotatable bonds is 9. The summed E-state index contributed by atoms with van der Waals surface area (Å²) in [6, 6.07) is 19.2. The summed E-state index contributed by atoms with van der Waals surface area (Å²) < 4.78 is 76.5. The number of H-pyrrole nitrogens is 1. The predicted molar refractivity (Wildman–Crippen MR) is 235 cm³/mol. The van der Waals surface area contributed by atoms with Crippen LogP contribution in [0.15, 0.2) is 90.0 Å². The van der Waals surface area contributed by atoms with Crippen LogP contribution in [0, 0.1) is 27.7 Å². The number of benzene rings is 2. The number of methoxy groups -OCH3 is 1. The molecule has 3 N–H and O–H groups in total. The van der Waals surface area contributed by atoms with Gasteiger partial charge in [-0.25, -0.2) is 15.0 Å². The Morgan fingerprint density at radius 3 is 1.50 bits per heavy atom. The smallest absolute Gasteiger partial charge is 0.481 e. The number of carbonyl (C=O) groups excluding carboxylic acids is 2. The Morgan fingerprint density at radius 1 is 0.636 bits per heavy atom. The summed E-state index contributed by atoms with van der Waals surface area (Å²) in [5, 5.41) is 5.79. The Morgan fingerprint density at radius 2 is 1.09 bits per heavy atom. The second-order valence-electron chi connectivity index (χ2n) is 16.4. The number of hydrogen-bond donors (Lipinski definition) is 3. The Balaban J connectivity index is 0.000000177. The fourth-order valence-corrected chi connectivity index (χ4v) is 7.87. The average Bonchev–Trinajstić information content (AvgIpc) is 4.19. The van der Waals surface area contributed by atoms with E-state index in [4.69, 9.17) is 4.74 Å². The number of alkyl halides is 4. The van der Waals surface area contributed by atoms with Gasteiger partial charge in [-0.15, -0.1) is 30.0 Å². The first-order valence-corrected chi connectivity index (χ1v) is 20.5. The lowest BCUT2D eigenvalue weighted by Crippen LogP contribution is -2.28. The van der Waals surface area contributed by atoms with Gasteiger partial charge in [-0.3, -0.25) is 14.4 Å². The maximum atomic E-state index is 13.4. The molecular weight excluding hydrogens is 888 g/mol. The summed E-state index contributed by atoms with van der Waals surface area (Å²) >= 11 is 0. The lowest BCUT2D eigenvalue weighted by molar-refractivity contribution is -0.287. The lowest BCUT2D eigenvalue weighted by atomic mass is 9.94. The molecule has 0 spiro atoms. The van der Waals surface area contributed by atoms with Crippen molar-refractivity contribution in [1.82, 2.24) is 19.9 Å². The van der Waals surface area contributed by atoms with E-state index in [1.165, 1.54) is 30.3 Å². The first-order valence-electron chi connectivity index (χ1n) is 20.5. The number of nitrogens with zero attached hydrogens (tertiary/aromatic N) is 3. The highest BCUT2D eigenvalue weighted by molar-refractivity contribution is 6.02. The van der Waals surface area contributed by atoms with E-state index < -0.39 is 23.4 Å². The molecule has 10 rings (SSSR count). The van der Waals surface area contributed by atoms with Gasteiger partial charge in [0.1, 0.15) is 11.6 Å². The van der Waals surface area contributed by atoms with Crippen LogP contribution in [0.5, 0.6) is 28.9 Å². The predicted octanol–water partition coefficient (Wildman–Crippen LogP) is 9.23. The molecule has 2 aromatic carbocycles. The van der Waals surface area contributed by atoms with Gasteiger partial charge in [0.25, 0.3) is 0 Å². The van der Waals surface area contributed by atoms with E-state index in [2.05, 4.69) is 49.5 Å². The van der Waals surface area contributed by atoms with Gasteiger partial charge in [0.15, 0.2) is 23.0 Å². The van der Waals surface area contributed by atoms with Crippen LogP contribution in [0.25, 0.3) is 22.5 Å². The molecule has 2 saturated carbocycles. The Bertz CT molecular complexity index is 2960. The van der Waals surface area contributed by atoms with Crippen LogP contribution in [-0.4, -0.2) is 51.4 Å². The zero-order valence-corrected chi connectivity index (χ0v) is 36.8. The molecule has 66 heavy (non-hydrogen) atoms. The number of aryl methyl sites for hydroxylation is 2. The Labute approximate surface area is 380 Å². The van der Waals surface area contributed by atoms with Gasteiger partial charge in [-0.05, 0) is 135 Å². The number of halogens is 5. The third-order valence-electron chi connectivity index (χ3n) is 12.1. The molecule has 6 heterocycles. The van der Waals surface area contributed by atoms with Crippen molar-refractivity contribution in [2.24, 2.45) is 0 Å². The third kappa shape index (κ3) is 8.67. The van der Waals surface area contributed by atoms with Crippen molar-refractivity contribution in [3.05, 3.63) is 129 Å². The van der Waals surface area contributed by atoms with E-state index in [9.17, 15) is 31.9 Å². The van der Waals surface area contributed by atoms with E-state index in [-0.39, 0.29) is 52.8 Å². The van der Waals surface area contributed by atoms with Crippen LogP contribution in [0.2, 0.25) is 0 Å². The molecule has 19 heteroatoms. The fourth-order valence-electron chi connectivity index (χ4n) is 7.87. The van der Waals surface area contributed by atoms with Crippen LogP contribution in [0.3, 0.4) is 0 Å². The third-order valence-corrected chi connectivity index (χ3v) is 12.1. The van der Waals surface area contributed by atoms with Gasteiger partial charge in [-0.1, -0.05) is 12.1 Å². The summed E-state index contributed by atoms with van der Waals surface area (Å²) in [7, 11) is 1.55. The first kappa shape index (κ1) is 45.4. The van der Waals surface area contributed by atoms with E-state index >= 15 is 0 Å². The van der Waals surface area contributed by atoms with Crippen molar-refractivity contribution in [2.75, 3.05) is 17.7 Å². The molecular formula is C47H41ClF4N6O8. The highest BCUT2D eigenvalue weighted by atomic mass is 35.5. The molecule has 0 unspecified atom stereocenters. The van der Waals surface area contributed by atoms with Gasteiger partial charge < -0.3 is 39.3 Å². The zero-order chi connectivity index (χ0) is 46.1. The number of aromatic amines is 1. The first-order chi connectivity index (χ1) is 30.9. The molecule has 2 aliphatic heterocycles. The molecule has 0 radical (unpaired) electrons. The highest BCUT2D eigenvalue weighted by Gasteiger charge is 2.54. The molecule has 4 aromatic heterocycles. The minimum atomic E-state index is -3.71. The number of fused-ring (bicyclic) bond motifs is 2. The monoisotopic (exact) mass is 928 g/mol. The van der Waals surface area contributed by atoms with Crippen LogP contribution in [0.4, 0.5) is 29.2 Å². The quantitative estimate of drug-likeness (QED) is 0.118. The van der Waals surface area contributed by atoms with Crippen molar-refractivity contribution in [2.45, 2.75) is 76.8 Å². The maximum Gasteiger partial charge on any atom is 0.586 e. The Hall–Kier alpha value is -7.21. The minimum Gasteiger partial charge on any atom is -0.481 e. The van der Waals surface area contributed by atoms with Crippen LogP contribution in [0.1, 0.15) is 59.1 Å². The number of nitrogens with one attached hydrogen (secondary N) is 3. The molecule has 14 nitrogen and oxygen atoms in total. The highest BCUT2D eigenvalue weighted by Crippen LogP contribution is 2.54. The number of amides is 2. The molecule has 2 fully saturated rings. The summed E-state index contributed by atoms with van der Waals surface area (Å²) in [5.74, 6) is 0.491. The fraction of sp³-hybridized carbons (Fsp3) is 0.277. The lowest BCUT2D eigenvalue weighted by Gasteiger charge is -2.17. The molecule has 342 valence electrons. The second kappa shape index (κ2) is 16.7. The standard InChI is InChI=1S/C24H21F2N3O4.C23H19F2N3O4.ClH/c1-13-10-19(28-21(14(13)2)15-4-7-20(31-3)27-12-15)29-22(30)23(8-9-23)16-5-6-17-18(11-16)33-24(25,26)32-17;1-12-9-18(27-20(13(12)2)14-3-6-19(29)26-11-14)28-21(30)22(7-8-22)15-4-5-16-17(10-15)32-23(24,25)31-16;/h4-7,10-12H,8-9H2,1-3H3,(H,28,29,30);3-6,9-11H,7-8H2,1-2H3,(H,26,29)(H,27,28,30);1H. The second-order valence-corrected chi connectivity index (χ2v) is 16.4. The van der Waals surface area contributed by atoms with Crippen LogP contribution >= 0.6 is 12.4 Å². The number of aromatic nitrogens is 4. The van der Waals surface area contributed by atoms with E-state index in [0.29, 0.717) is 65.7 Å². The van der Waals surface area contributed by atoms with Crippen LogP contribution in [-0.2, 0) is 20.4 Å². The minimum absolute atomic E-state index is 0. The van der Waals surface area contributed by atoms with E-state index in [1.807, 2.05) is 39.8 Å². The van der Waals surface area contributed by atoms with Gasteiger partial charge >= 0.3 is 12.6 Å². The largest absolute Gasteiger partial charge is 0.586 e. The zero-order valence-electron chi connectivity index (χ0n) is 35.9. The Kier molecular flexibility index (Phi) is 11.4. The topological polar surface area (TPSA) is 176 Å². The number of hydrogen-bond acceptors (Lipinski definition) is 11. The molecule has 2 aliphatic carbocycles. The maximum absolute atomic E-state index is 13.4. The molecule has 0 bridgehead atoms. The van der Waals surface area contributed by atoms with Crippen molar-refractivity contribution in [1.29, 1.82) is 0 Å². The SMILES string of the molecule is COc1ccc(-c2nc(NC(=O)C3(c4ccc5c(c4)OC(F)(F)O5)CC3)cc(C)c2C)cn1.Cc1cc(NC(=O)C2(c3ccc4c(c3)OC(F)(F)O4)CC2)nc(-c2ccc(=O)[nH]c2)c1C.Cl. The van der Waals surface area contributed by atoms with E-state index in [0.717, 1.165) is 33.4 Å². The normalized spacial score (nSPS) is 16.7. The number of anilines is 2. The van der Waals surface area contributed by atoms with Gasteiger partial charge in [0, 0.05) is 35.7 Å². The number of pyridine rings is 4. The molecule has 6 aromatic rings. The summed E-state index contributed by atoms with van der Waals surface area (Å²) in [6.45, 7) is 7.72. The molecule has 0 atom stereocenters. The molecule has 2 amide bonds. The van der Waals surface area contributed by atoms with Gasteiger partial charge in [0.2, 0.25) is 23.3 Å². The van der Waals surface area contributed by atoms with Gasteiger partial charge in [0.05, 0.1) is 29.3 Å². The van der Waals surface area contributed by atoms with Crippen LogP contribution < -0.4 is 39.9 Å². The van der Waals surface area contributed by atoms with Crippen molar-refractivity contribution < 1.29 is 50.8 Å². The van der Waals surface area contributed by atoms with Crippen molar-refractivity contribution in [3.8, 4) is 51.4 Å². The molecule has 0 saturated heterocycles.